The van der Waals surface area contributed by atoms with Crippen molar-refractivity contribution in [2.45, 2.75) is 0 Å². The van der Waals surface area contributed by atoms with E-state index in [0.717, 1.165) is 32.4 Å². The summed E-state index contributed by atoms with van der Waals surface area (Å²) in [5, 5.41) is 0.743. The zero-order valence-electron chi connectivity index (χ0n) is 8.82. The van der Waals surface area contributed by atoms with Gasteiger partial charge in [0, 0.05) is 16.2 Å². The third-order valence-corrected chi connectivity index (χ3v) is 3.41. The SMILES string of the molecule is Clc1ccc(C2=CC3=C[C](Br)C=CC3=N2)cc1. The van der Waals surface area contributed by atoms with Gasteiger partial charge in [-0.25, -0.2) is 4.99 Å². The van der Waals surface area contributed by atoms with Crippen LogP contribution < -0.4 is 0 Å². The Morgan fingerprint density at radius 2 is 1.76 bits per heavy atom. The van der Waals surface area contributed by atoms with Gasteiger partial charge in [0.1, 0.15) is 0 Å². The molecule has 3 rings (SSSR count). The highest BCUT2D eigenvalue weighted by molar-refractivity contribution is 9.11. The first kappa shape index (κ1) is 11.0. The lowest BCUT2D eigenvalue weighted by Crippen LogP contribution is -1.98. The van der Waals surface area contributed by atoms with Crippen molar-refractivity contribution in [3.63, 3.8) is 0 Å². The molecule has 0 aromatic heterocycles. The van der Waals surface area contributed by atoms with Crippen molar-refractivity contribution in [1.82, 2.24) is 0 Å². The molecule has 0 atom stereocenters. The van der Waals surface area contributed by atoms with Gasteiger partial charge in [-0.05, 0) is 24.3 Å². The van der Waals surface area contributed by atoms with E-state index in [4.69, 9.17) is 11.6 Å². The highest BCUT2D eigenvalue weighted by Crippen LogP contribution is 2.31. The first-order valence-corrected chi connectivity index (χ1v) is 6.38. The van der Waals surface area contributed by atoms with Gasteiger partial charge in [0.05, 0.1) is 16.2 Å². The van der Waals surface area contributed by atoms with Crippen LogP contribution in [-0.4, -0.2) is 5.71 Å². The summed E-state index contributed by atoms with van der Waals surface area (Å²) < 4.78 is 0. The smallest absolute Gasteiger partial charge is 0.0853 e. The van der Waals surface area contributed by atoms with Gasteiger partial charge in [0.15, 0.2) is 0 Å². The number of fused-ring (bicyclic) bond motifs is 1. The van der Waals surface area contributed by atoms with Crippen LogP contribution in [0, 0.1) is 4.83 Å². The van der Waals surface area contributed by atoms with Crippen molar-refractivity contribution in [3.8, 4) is 0 Å². The van der Waals surface area contributed by atoms with Crippen LogP contribution in [0.4, 0.5) is 0 Å². The minimum absolute atomic E-state index is 0.743. The largest absolute Gasteiger partial charge is 0.248 e. The summed E-state index contributed by atoms with van der Waals surface area (Å²) >= 11 is 9.33. The number of allylic oxidation sites excluding steroid dienone is 5. The molecule has 83 valence electrons. The zero-order chi connectivity index (χ0) is 11.8. The molecule has 1 aliphatic carbocycles. The summed E-state index contributed by atoms with van der Waals surface area (Å²) in [6, 6.07) is 7.73. The number of rotatable bonds is 1. The molecule has 0 fully saturated rings. The summed E-state index contributed by atoms with van der Waals surface area (Å²) in [4.78, 5) is 5.66. The van der Waals surface area contributed by atoms with E-state index in [0.29, 0.717) is 0 Å². The molecule has 0 bridgehead atoms. The van der Waals surface area contributed by atoms with Gasteiger partial charge in [-0.3, -0.25) is 0 Å². The van der Waals surface area contributed by atoms with Crippen molar-refractivity contribution in [3.05, 3.63) is 69.6 Å². The fraction of sp³-hybridized carbons (Fsp3) is 0. The Morgan fingerprint density at radius 1 is 1.00 bits per heavy atom. The van der Waals surface area contributed by atoms with E-state index in [2.05, 4.69) is 33.1 Å². The molecule has 1 aromatic carbocycles. The molecule has 3 heteroatoms. The monoisotopic (exact) mass is 304 g/mol. The van der Waals surface area contributed by atoms with Gasteiger partial charge < -0.3 is 0 Å². The predicted molar refractivity (Wildman–Crippen MR) is 76.3 cm³/mol. The van der Waals surface area contributed by atoms with E-state index in [-0.39, 0.29) is 0 Å². The highest BCUT2D eigenvalue weighted by Gasteiger charge is 2.17. The molecule has 0 unspecified atom stereocenters. The lowest BCUT2D eigenvalue weighted by Gasteiger charge is -2.05. The second kappa shape index (κ2) is 4.28. The standard InChI is InChI=1S/C14H8BrClN/c15-11-3-6-13-10(7-11)8-14(17-13)9-1-4-12(16)5-2-9/h1-8H. The Balaban J connectivity index is 2.00. The minimum Gasteiger partial charge on any atom is -0.248 e. The summed E-state index contributed by atoms with van der Waals surface area (Å²) in [7, 11) is 0. The van der Waals surface area contributed by atoms with Crippen LogP contribution in [0.1, 0.15) is 5.56 Å². The zero-order valence-corrected chi connectivity index (χ0v) is 11.2. The van der Waals surface area contributed by atoms with Gasteiger partial charge in [-0.2, -0.15) is 0 Å². The molecule has 0 amide bonds. The van der Waals surface area contributed by atoms with Crippen molar-refractivity contribution in [1.29, 1.82) is 0 Å². The van der Waals surface area contributed by atoms with Crippen LogP contribution >= 0.6 is 27.5 Å². The lowest BCUT2D eigenvalue weighted by atomic mass is 10.0. The van der Waals surface area contributed by atoms with E-state index in [1.165, 1.54) is 0 Å². The Morgan fingerprint density at radius 3 is 2.53 bits per heavy atom. The molecule has 1 nitrogen and oxygen atoms in total. The number of nitrogens with zero attached hydrogens (tertiary/aromatic N) is 1. The van der Waals surface area contributed by atoms with Crippen LogP contribution in [-0.2, 0) is 0 Å². The van der Waals surface area contributed by atoms with E-state index >= 15 is 0 Å². The molecule has 1 heterocycles. The van der Waals surface area contributed by atoms with E-state index in [1.54, 1.807) is 0 Å². The summed E-state index contributed by atoms with van der Waals surface area (Å²) in [5.74, 6) is 0. The van der Waals surface area contributed by atoms with Gasteiger partial charge in [-0.15, -0.1) is 0 Å². The normalized spacial score (nSPS) is 18.6. The van der Waals surface area contributed by atoms with Crippen LogP contribution in [0.3, 0.4) is 0 Å². The Labute approximate surface area is 113 Å². The Bertz CT molecular complexity index is 579. The lowest BCUT2D eigenvalue weighted by molar-refractivity contribution is 1.53. The summed E-state index contributed by atoms with van der Waals surface area (Å²) in [6.45, 7) is 0. The highest BCUT2D eigenvalue weighted by atomic mass is 79.9. The maximum absolute atomic E-state index is 5.87. The minimum atomic E-state index is 0.743. The second-order valence-electron chi connectivity index (χ2n) is 3.85. The number of aliphatic imine (C=N–C) groups is 1. The van der Waals surface area contributed by atoms with Crippen molar-refractivity contribution >= 4 is 38.9 Å². The van der Waals surface area contributed by atoms with Crippen LogP contribution in [0.2, 0.25) is 5.02 Å². The van der Waals surface area contributed by atoms with Crippen LogP contribution in [0.5, 0.6) is 0 Å². The maximum Gasteiger partial charge on any atom is 0.0853 e. The van der Waals surface area contributed by atoms with E-state index in [9.17, 15) is 0 Å². The van der Waals surface area contributed by atoms with Gasteiger partial charge in [0.25, 0.3) is 0 Å². The fourth-order valence-corrected chi connectivity index (χ4v) is 2.33. The quantitative estimate of drug-likeness (QED) is 0.721. The van der Waals surface area contributed by atoms with Crippen molar-refractivity contribution in [2.24, 2.45) is 4.99 Å². The molecule has 0 saturated carbocycles. The van der Waals surface area contributed by atoms with E-state index in [1.807, 2.05) is 36.4 Å². The average Bonchev–Trinajstić information content (AvgIpc) is 2.72. The first-order valence-electron chi connectivity index (χ1n) is 5.21. The summed E-state index contributed by atoms with van der Waals surface area (Å²) in [6.07, 6.45) is 8.17. The van der Waals surface area contributed by atoms with Gasteiger partial charge in [-0.1, -0.05) is 51.8 Å². The molecule has 2 aliphatic rings. The molecule has 0 saturated heterocycles. The molecular formula is C14H8BrClN. The van der Waals surface area contributed by atoms with Crippen LogP contribution in [0.25, 0.3) is 5.70 Å². The third-order valence-electron chi connectivity index (χ3n) is 2.66. The van der Waals surface area contributed by atoms with Crippen molar-refractivity contribution < 1.29 is 0 Å². The maximum atomic E-state index is 5.87. The van der Waals surface area contributed by atoms with Gasteiger partial charge in [0.2, 0.25) is 0 Å². The second-order valence-corrected chi connectivity index (χ2v) is 5.20. The van der Waals surface area contributed by atoms with Crippen molar-refractivity contribution in [2.75, 3.05) is 0 Å². The Hall–Kier alpha value is -1.12. The molecule has 0 spiro atoms. The molecule has 1 aliphatic heterocycles. The van der Waals surface area contributed by atoms with Crippen LogP contribution in [0.15, 0.2) is 59.1 Å². The van der Waals surface area contributed by atoms with E-state index < -0.39 is 0 Å². The number of benzene rings is 1. The molecule has 1 aromatic rings. The number of hydrogen-bond acceptors (Lipinski definition) is 1. The van der Waals surface area contributed by atoms with Gasteiger partial charge >= 0.3 is 0 Å². The molecule has 1 radical (unpaired) electrons. The predicted octanol–water partition coefficient (Wildman–Crippen LogP) is 4.56. The first-order chi connectivity index (χ1) is 8.22. The number of halogens is 2. The topological polar surface area (TPSA) is 12.4 Å². The third kappa shape index (κ3) is 2.15. The summed E-state index contributed by atoms with van der Waals surface area (Å²) in [5.41, 5.74) is 4.22. The fourth-order valence-electron chi connectivity index (χ4n) is 1.82. The molecular weight excluding hydrogens is 298 g/mol. The average molecular weight is 306 g/mol. The molecule has 0 N–H and O–H groups in total. The number of hydrogen-bond donors (Lipinski definition) is 0. The molecule has 17 heavy (non-hydrogen) atoms. The Kier molecular flexibility index (Phi) is 2.77.